The van der Waals surface area contributed by atoms with Gasteiger partial charge in [0, 0.05) is 24.2 Å². The van der Waals surface area contributed by atoms with Crippen LogP contribution in [0.1, 0.15) is 65.2 Å². The fourth-order valence-electron chi connectivity index (χ4n) is 9.73. The Bertz CT molecular complexity index is 938. The number of carbonyl (C=O) groups is 3. The zero-order chi connectivity index (χ0) is 21.3. The number of Topliss-reactive ketones (excluding diaryl/α,β-unsaturated/α-hetero) is 2. The molecule has 5 aliphatic carbocycles. The van der Waals surface area contributed by atoms with Crippen molar-refractivity contribution in [3.05, 3.63) is 0 Å². The molecule has 1 saturated heterocycles. The van der Waals surface area contributed by atoms with Crippen LogP contribution in [0.25, 0.3) is 0 Å². The van der Waals surface area contributed by atoms with Crippen molar-refractivity contribution >= 4 is 17.5 Å². The lowest BCUT2D eigenvalue weighted by molar-refractivity contribution is -0.213. The number of carbonyl (C=O) groups excluding carboxylic acids is 3. The number of ketones is 2. The number of hydrogen-bond acceptors (Lipinski definition) is 6. The lowest BCUT2D eigenvalue weighted by Gasteiger charge is -2.64. The van der Waals surface area contributed by atoms with Gasteiger partial charge in [-0.05, 0) is 61.7 Å². The van der Waals surface area contributed by atoms with Gasteiger partial charge in [0.05, 0.1) is 23.5 Å². The number of nitrogens with zero attached hydrogens (tertiary/aromatic N) is 1. The van der Waals surface area contributed by atoms with Crippen LogP contribution < -0.4 is 0 Å². The molecule has 1 spiro atoms. The Morgan fingerprint density at radius 3 is 2.50 bits per heavy atom. The standard InChI is InChI=1S/C24H29NO5/c1-21-6-4-14(26)19-20(29)12(9-23(19,21)11-25)17-13-3-7-24(8-5-16(28)30-24)22(13,2)10-15(27)18(17)21/h12-13,15,17-19,27H,3-10H2,1-2H3/t12-,13-,15+,17-,18-,19-,21+,22-,23-,24+/m0/s1. The maximum atomic E-state index is 13.6. The lowest BCUT2D eigenvalue weighted by Crippen LogP contribution is -2.65. The minimum atomic E-state index is -0.976. The number of fused-ring (bicyclic) bond motifs is 7. The largest absolute Gasteiger partial charge is 0.458 e. The summed E-state index contributed by atoms with van der Waals surface area (Å²) < 4.78 is 5.94. The summed E-state index contributed by atoms with van der Waals surface area (Å²) in [5.74, 6) is -1.52. The van der Waals surface area contributed by atoms with Gasteiger partial charge in [0.15, 0.2) is 0 Å². The van der Waals surface area contributed by atoms with Gasteiger partial charge in [0.25, 0.3) is 0 Å². The summed E-state index contributed by atoms with van der Waals surface area (Å²) >= 11 is 0. The first-order chi connectivity index (χ1) is 14.1. The first kappa shape index (κ1) is 19.0. The number of hydrogen-bond donors (Lipinski definition) is 1. The lowest BCUT2D eigenvalue weighted by atomic mass is 9.39. The molecule has 0 amide bonds. The SMILES string of the molecule is C[C@]12C[C@@H](O)[C@H]3[C@@H]([C@@H]4C[C@]5(C#N)[C@@H](C(=O)CC[C@]35C)C4=O)[C@@H]1CC[C@@]21CCC(=O)O1. The molecular weight excluding hydrogens is 382 g/mol. The average molecular weight is 411 g/mol. The molecule has 6 fully saturated rings. The normalized spacial score (nSPS) is 58.4. The second-order valence-corrected chi connectivity index (χ2v) is 11.5. The molecule has 6 nitrogen and oxygen atoms in total. The molecule has 5 saturated carbocycles. The highest BCUT2D eigenvalue weighted by Gasteiger charge is 2.79. The zero-order valence-electron chi connectivity index (χ0n) is 17.6. The topological polar surface area (TPSA) is 104 Å². The molecule has 6 rings (SSSR count). The van der Waals surface area contributed by atoms with Crippen molar-refractivity contribution in [2.45, 2.75) is 76.9 Å². The van der Waals surface area contributed by atoms with Crippen LogP contribution in [-0.2, 0) is 19.1 Å². The molecule has 1 N–H and O–H groups in total. The zero-order valence-corrected chi connectivity index (χ0v) is 17.6. The van der Waals surface area contributed by atoms with E-state index >= 15 is 0 Å². The number of nitriles is 1. The van der Waals surface area contributed by atoms with E-state index in [1.54, 1.807) is 0 Å². The fraction of sp³-hybridized carbons (Fsp3) is 0.833. The van der Waals surface area contributed by atoms with Crippen molar-refractivity contribution in [2.24, 2.45) is 45.8 Å². The fourth-order valence-corrected chi connectivity index (χ4v) is 9.73. The van der Waals surface area contributed by atoms with Gasteiger partial charge in [-0.2, -0.15) is 5.26 Å². The number of ether oxygens (including phenoxy) is 1. The maximum absolute atomic E-state index is 13.6. The van der Waals surface area contributed by atoms with Crippen LogP contribution in [0.2, 0.25) is 0 Å². The van der Waals surface area contributed by atoms with E-state index in [0.717, 1.165) is 12.8 Å². The summed E-state index contributed by atoms with van der Waals surface area (Å²) in [5.41, 5.74) is -2.44. The van der Waals surface area contributed by atoms with Gasteiger partial charge in [0.1, 0.15) is 17.2 Å². The maximum Gasteiger partial charge on any atom is 0.306 e. The summed E-state index contributed by atoms with van der Waals surface area (Å²) in [7, 11) is 0. The van der Waals surface area contributed by atoms with Gasteiger partial charge in [-0.25, -0.2) is 0 Å². The van der Waals surface area contributed by atoms with Gasteiger partial charge in [-0.15, -0.1) is 0 Å². The van der Waals surface area contributed by atoms with Crippen LogP contribution in [0.5, 0.6) is 0 Å². The number of aliphatic hydroxyl groups is 1. The summed E-state index contributed by atoms with van der Waals surface area (Å²) in [4.78, 5) is 38.5. The number of rotatable bonds is 0. The highest BCUT2D eigenvalue weighted by atomic mass is 16.6. The Labute approximate surface area is 176 Å². The monoisotopic (exact) mass is 411 g/mol. The van der Waals surface area contributed by atoms with Gasteiger partial charge in [-0.1, -0.05) is 13.8 Å². The molecule has 1 aliphatic heterocycles. The first-order valence-electron chi connectivity index (χ1n) is 11.5. The second kappa shape index (κ2) is 5.35. The number of aliphatic hydroxyl groups excluding tert-OH is 1. The van der Waals surface area contributed by atoms with Crippen LogP contribution in [0.3, 0.4) is 0 Å². The molecule has 1 heterocycles. The van der Waals surface area contributed by atoms with E-state index in [1.165, 1.54) is 0 Å². The number of esters is 1. The Balaban J connectivity index is 1.52. The highest BCUT2D eigenvalue weighted by molar-refractivity contribution is 6.07. The Kier molecular flexibility index (Phi) is 3.39. The molecule has 2 bridgehead atoms. The van der Waals surface area contributed by atoms with Gasteiger partial charge < -0.3 is 9.84 Å². The third kappa shape index (κ3) is 1.74. The molecule has 10 atom stereocenters. The molecule has 0 aromatic carbocycles. The van der Waals surface area contributed by atoms with Gasteiger partial charge in [0.2, 0.25) is 0 Å². The van der Waals surface area contributed by atoms with E-state index in [2.05, 4.69) is 19.9 Å². The predicted molar refractivity (Wildman–Crippen MR) is 103 cm³/mol. The van der Waals surface area contributed by atoms with E-state index in [4.69, 9.17) is 4.74 Å². The van der Waals surface area contributed by atoms with Crippen molar-refractivity contribution in [3.8, 4) is 6.07 Å². The summed E-state index contributed by atoms with van der Waals surface area (Å²) in [5, 5.41) is 21.9. The molecule has 6 heteroatoms. The molecule has 0 aromatic rings. The van der Waals surface area contributed by atoms with Crippen LogP contribution in [0.4, 0.5) is 0 Å². The molecule has 0 radical (unpaired) electrons. The van der Waals surface area contributed by atoms with Crippen molar-refractivity contribution in [1.29, 1.82) is 5.26 Å². The third-order valence-corrected chi connectivity index (χ3v) is 11.0. The van der Waals surface area contributed by atoms with Crippen molar-refractivity contribution in [3.63, 3.8) is 0 Å². The second-order valence-electron chi connectivity index (χ2n) is 11.5. The molecule has 0 aromatic heterocycles. The summed E-state index contributed by atoms with van der Waals surface area (Å²) in [6.07, 6.45) is 3.95. The Hall–Kier alpha value is -1.74. The van der Waals surface area contributed by atoms with E-state index in [9.17, 15) is 24.8 Å². The molecule has 160 valence electrons. The van der Waals surface area contributed by atoms with Gasteiger partial charge in [-0.3, -0.25) is 14.4 Å². The van der Waals surface area contributed by atoms with Crippen molar-refractivity contribution in [2.75, 3.05) is 0 Å². The molecule has 0 unspecified atom stereocenters. The Morgan fingerprint density at radius 1 is 1.07 bits per heavy atom. The van der Waals surface area contributed by atoms with Crippen LogP contribution in [0.15, 0.2) is 0 Å². The third-order valence-electron chi connectivity index (χ3n) is 11.0. The van der Waals surface area contributed by atoms with Crippen molar-refractivity contribution in [1.82, 2.24) is 0 Å². The highest BCUT2D eigenvalue weighted by Crippen LogP contribution is 2.76. The average Bonchev–Trinajstić information content (AvgIpc) is 3.31. The van der Waals surface area contributed by atoms with Crippen LogP contribution in [0, 0.1) is 57.2 Å². The van der Waals surface area contributed by atoms with E-state index in [1.807, 2.05) is 0 Å². The van der Waals surface area contributed by atoms with Crippen LogP contribution >= 0.6 is 0 Å². The smallest absolute Gasteiger partial charge is 0.306 e. The minimum absolute atomic E-state index is 0.0488. The Morgan fingerprint density at radius 2 is 1.83 bits per heavy atom. The molecular formula is C24H29NO5. The predicted octanol–water partition coefficient (Wildman–Crippen LogP) is 2.57. The quantitative estimate of drug-likeness (QED) is 0.485. The minimum Gasteiger partial charge on any atom is -0.458 e. The summed E-state index contributed by atoms with van der Waals surface area (Å²) in [6, 6.07) is 2.47. The van der Waals surface area contributed by atoms with Crippen molar-refractivity contribution < 1.29 is 24.2 Å². The molecule has 30 heavy (non-hydrogen) atoms. The van der Waals surface area contributed by atoms with Crippen LogP contribution in [-0.4, -0.2) is 34.3 Å². The van der Waals surface area contributed by atoms with E-state index < -0.39 is 28.5 Å². The van der Waals surface area contributed by atoms with E-state index in [0.29, 0.717) is 38.5 Å². The summed E-state index contributed by atoms with van der Waals surface area (Å²) in [6.45, 7) is 4.21. The molecule has 6 aliphatic rings. The van der Waals surface area contributed by atoms with E-state index in [-0.39, 0.29) is 46.6 Å². The van der Waals surface area contributed by atoms with Gasteiger partial charge >= 0.3 is 5.97 Å². The first-order valence-corrected chi connectivity index (χ1v) is 11.5.